The molecule has 0 bridgehead atoms. The average molecular weight is 472 g/mol. The van der Waals surface area contributed by atoms with Crippen molar-refractivity contribution in [1.29, 1.82) is 0 Å². The predicted molar refractivity (Wildman–Crippen MR) is 138 cm³/mol. The number of aromatic hydroxyl groups is 1. The van der Waals surface area contributed by atoms with E-state index in [2.05, 4.69) is 53.7 Å². The molecule has 2 N–H and O–H groups in total. The van der Waals surface area contributed by atoms with Gasteiger partial charge in [0.25, 0.3) is 0 Å². The monoisotopic (exact) mass is 471 g/mol. The van der Waals surface area contributed by atoms with Crippen molar-refractivity contribution in [1.82, 2.24) is 5.06 Å². The number of rotatable bonds is 10. The first-order chi connectivity index (χ1) is 15.4. The topological polar surface area (TPSA) is 60.8 Å². The van der Waals surface area contributed by atoms with Gasteiger partial charge in [0.2, 0.25) is 5.91 Å². The normalized spacial score (nSPS) is 12.1. The number of hydrogen-bond donors (Lipinski definition) is 2. The molecule has 0 heterocycles. The van der Waals surface area contributed by atoms with Crippen LogP contribution in [0.25, 0.3) is 0 Å². The van der Waals surface area contributed by atoms with Gasteiger partial charge >= 0.3 is 0 Å². The van der Waals surface area contributed by atoms with Crippen LogP contribution < -0.4 is 0 Å². The van der Waals surface area contributed by atoms with Crippen molar-refractivity contribution < 1.29 is 15.1 Å². The Morgan fingerprint density at radius 3 is 2.03 bits per heavy atom. The molecule has 0 unspecified atom stereocenters. The fourth-order valence-corrected chi connectivity index (χ4v) is 4.70. The lowest BCUT2D eigenvalue weighted by molar-refractivity contribution is -0.165. The number of nitrogens with zero attached hydrogens (tertiary/aromatic N) is 1. The SMILES string of the molecule is CC(C)(C)c1cc(SCCCCCC(=O)N(O)CCc2ccccc2)cc(C(C)(C)C)c1O. The molecule has 0 aliphatic rings. The highest BCUT2D eigenvalue weighted by Gasteiger charge is 2.26. The van der Waals surface area contributed by atoms with Crippen LogP contribution in [-0.2, 0) is 22.0 Å². The summed E-state index contributed by atoms with van der Waals surface area (Å²) in [6.07, 6.45) is 3.75. The Kier molecular flexibility index (Phi) is 9.86. The predicted octanol–water partition coefficient (Wildman–Crippen LogP) is 7.10. The third-order valence-corrected chi connectivity index (χ3v) is 6.81. The standard InChI is InChI=1S/C28H41NO3S/c1-27(2,3)23-19-22(20-24(26(23)31)28(4,5)6)33-18-12-8-11-15-25(30)29(32)17-16-21-13-9-7-10-14-21/h7,9-10,13-14,19-20,31-32H,8,11-12,15-18H2,1-6H3. The molecule has 0 saturated carbocycles. The Hall–Kier alpha value is -1.98. The summed E-state index contributed by atoms with van der Waals surface area (Å²) in [5, 5.41) is 21.7. The van der Waals surface area contributed by atoms with Crippen LogP contribution in [0.2, 0.25) is 0 Å². The molecule has 5 heteroatoms. The lowest BCUT2D eigenvalue weighted by Crippen LogP contribution is -2.29. The Balaban J connectivity index is 1.78. The van der Waals surface area contributed by atoms with E-state index in [-0.39, 0.29) is 16.7 Å². The van der Waals surface area contributed by atoms with Crippen molar-refractivity contribution in [2.45, 2.75) is 89.4 Å². The van der Waals surface area contributed by atoms with E-state index in [0.29, 0.717) is 25.1 Å². The van der Waals surface area contributed by atoms with Gasteiger partial charge in [-0.15, -0.1) is 11.8 Å². The molecular formula is C28H41NO3S. The molecule has 0 radical (unpaired) electrons. The number of phenols is 1. The van der Waals surface area contributed by atoms with Crippen LogP contribution in [0.3, 0.4) is 0 Å². The second-order valence-corrected chi connectivity index (χ2v) is 11.9. The summed E-state index contributed by atoms with van der Waals surface area (Å²) in [7, 11) is 0. The minimum absolute atomic E-state index is 0.127. The molecule has 0 aromatic heterocycles. The van der Waals surface area contributed by atoms with E-state index in [4.69, 9.17) is 0 Å². The van der Waals surface area contributed by atoms with Gasteiger partial charge in [-0.1, -0.05) is 78.3 Å². The average Bonchev–Trinajstić information content (AvgIpc) is 2.74. The maximum Gasteiger partial charge on any atom is 0.245 e. The van der Waals surface area contributed by atoms with Gasteiger partial charge in [-0.25, -0.2) is 5.06 Å². The summed E-state index contributed by atoms with van der Waals surface area (Å²) in [5.41, 5.74) is 2.83. The Labute approximate surface area is 204 Å². The van der Waals surface area contributed by atoms with Crippen molar-refractivity contribution in [2.75, 3.05) is 12.3 Å². The highest BCUT2D eigenvalue weighted by Crippen LogP contribution is 2.41. The van der Waals surface area contributed by atoms with Crippen LogP contribution in [0.1, 0.15) is 83.9 Å². The molecule has 2 aromatic rings. The van der Waals surface area contributed by atoms with Gasteiger partial charge in [0.15, 0.2) is 0 Å². The second-order valence-electron chi connectivity index (χ2n) is 10.8. The fraction of sp³-hybridized carbons (Fsp3) is 0.536. The van der Waals surface area contributed by atoms with E-state index in [0.717, 1.165) is 46.8 Å². The number of carbonyl (C=O) groups excluding carboxylic acids is 1. The molecule has 182 valence electrons. The molecule has 2 aromatic carbocycles. The molecular weight excluding hydrogens is 430 g/mol. The van der Waals surface area contributed by atoms with Crippen LogP contribution in [0.5, 0.6) is 5.75 Å². The van der Waals surface area contributed by atoms with Crippen molar-refractivity contribution >= 4 is 17.7 Å². The molecule has 4 nitrogen and oxygen atoms in total. The third-order valence-electron chi connectivity index (χ3n) is 5.75. The Morgan fingerprint density at radius 1 is 0.909 bits per heavy atom. The molecule has 1 amide bonds. The second kappa shape index (κ2) is 11.9. The van der Waals surface area contributed by atoms with Crippen LogP contribution in [0, 0.1) is 0 Å². The third kappa shape index (κ3) is 8.71. The number of phenolic OH excluding ortho intramolecular Hbond substituents is 1. The van der Waals surface area contributed by atoms with Gasteiger partial charge in [0, 0.05) is 22.4 Å². The number of benzene rings is 2. The van der Waals surface area contributed by atoms with Gasteiger partial charge in [0.05, 0.1) is 6.54 Å². The highest BCUT2D eigenvalue weighted by molar-refractivity contribution is 7.99. The molecule has 33 heavy (non-hydrogen) atoms. The quantitative estimate of drug-likeness (QED) is 0.168. The Bertz CT molecular complexity index is 863. The van der Waals surface area contributed by atoms with E-state index >= 15 is 0 Å². The van der Waals surface area contributed by atoms with Crippen LogP contribution in [0.15, 0.2) is 47.4 Å². The van der Waals surface area contributed by atoms with Gasteiger partial charge < -0.3 is 5.11 Å². The summed E-state index contributed by atoms with van der Waals surface area (Å²) in [5.74, 6) is 1.17. The highest BCUT2D eigenvalue weighted by atomic mass is 32.2. The minimum Gasteiger partial charge on any atom is -0.507 e. The zero-order valence-corrected chi connectivity index (χ0v) is 22.0. The first kappa shape index (κ1) is 27.3. The van der Waals surface area contributed by atoms with E-state index < -0.39 is 0 Å². The molecule has 0 aliphatic heterocycles. The van der Waals surface area contributed by atoms with E-state index in [9.17, 15) is 15.1 Å². The van der Waals surface area contributed by atoms with E-state index in [1.54, 1.807) is 11.8 Å². The fourth-order valence-electron chi connectivity index (χ4n) is 3.71. The van der Waals surface area contributed by atoms with Crippen LogP contribution >= 0.6 is 11.8 Å². The van der Waals surface area contributed by atoms with Crippen molar-refractivity contribution in [3.05, 3.63) is 59.2 Å². The number of hydroxylamine groups is 2. The lowest BCUT2D eigenvalue weighted by atomic mass is 9.79. The molecule has 0 saturated heterocycles. The molecule has 0 atom stereocenters. The number of unbranched alkanes of at least 4 members (excludes halogenated alkanes) is 2. The summed E-state index contributed by atoms with van der Waals surface area (Å²) < 4.78 is 0. The largest absolute Gasteiger partial charge is 0.507 e. The zero-order chi connectivity index (χ0) is 24.6. The number of thioether (sulfide) groups is 1. The Morgan fingerprint density at radius 2 is 1.48 bits per heavy atom. The van der Waals surface area contributed by atoms with Gasteiger partial charge in [0.1, 0.15) is 5.75 Å². The number of hydrogen-bond acceptors (Lipinski definition) is 4. The molecule has 0 aliphatic carbocycles. The number of carbonyl (C=O) groups is 1. The van der Waals surface area contributed by atoms with E-state index in [1.165, 1.54) is 4.90 Å². The molecule has 0 fully saturated rings. The maximum absolute atomic E-state index is 12.2. The van der Waals surface area contributed by atoms with Crippen molar-refractivity contribution in [2.24, 2.45) is 0 Å². The number of amides is 1. The zero-order valence-electron chi connectivity index (χ0n) is 21.1. The van der Waals surface area contributed by atoms with Gasteiger partial charge in [-0.2, -0.15) is 0 Å². The lowest BCUT2D eigenvalue weighted by Gasteiger charge is -2.28. The van der Waals surface area contributed by atoms with E-state index in [1.807, 2.05) is 30.3 Å². The minimum atomic E-state index is -0.207. The van der Waals surface area contributed by atoms with Crippen LogP contribution in [-0.4, -0.2) is 33.6 Å². The molecule has 2 rings (SSSR count). The smallest absolute Gasteiger partial charge is 0.245 e. The summed E-state index contributed by atoms with van der Waals surface area (Å²) in [6.45, 7) is 13.1. The summed E-state index contributed by atoms with van der Waals surface area (Å²) >= 11 is 1.80. The maximum atomic E-state index is 12.2. The van der Waals surface area contributed by atoms with Gasteiger partial charge in [-0.3, -0.25) is 10.0 Å². The molecule has 0 spiro atoms. The summed E-state index contributed by atoms with van der Waals surface area (Å²) in [6, 6.07) is 14.1. The summed E-state index contributed by atoms with van der Waals surface area (Å²) in [4.78, 5) is 13.3. The van der Waals surface area contributed by atoms with Crippen molar-refractivity contribution in [3.8, 4) is 5.75 Å². The first-order valence-corrected chi connectivity index (χ1v) is 12.9. The van der Waals surface area contributed by atoms with Gasteiger partial charge in [-0.05, 0) is 53.5 Å². The first-order valence-electron chi connectivity index (χ1n) is 11.9. The van der Waals surface area contributed by atoms with Crippen LogP contribution in [0.4, 0.5) is 0 Å². The van der Waals surface area contributed by atoms with Crippen molar-refractivity contribution in [3.63, 3.8) is 0 Å².